The van der Waals surface area contributed by atoms with Gasteiger partial charge in [0.2, 0.25) is 0 Å². The van der Waals surface area contributed by atoms with E-state index in [1.54, 1.807) is 0 Å². The quantitative estimate of drug-likeness (QED) is 0.746. The third-order valence-corrected chi connectivity index (χ3v) is 3.38. The molecule has 1 fully saturated rings. The van der Waals surface area contributed by atoms with Crippen molar-refractivity contribution in [1.82, 2.24) is 19.8 Å². The minimum atomic E-state index is 0.842. The van der Waals surface area contributed by atoms with Gasteiger partial charge in [-0.25, -0.2) is 4.98 Å². The van der Waals surface area contributed by atoms with Crippen molar-refractivity contribution in [3.8, 4) is 0 Å². The standard InChI is InChI=1S/C12H22N4/c1-11-14-5-8-16(11)7-4-13-9-12-3-6-15(2)10-12/h5,8,12-13H,3-4,6-7,9-10H2,1-2H3. The molecule has 4 heteroatoms. The van der Waals surface area contributed by atoms with Crippen LogP contribution in [0.25, 0.3) is 0 Å². The summed E-state index contributed by atoms with van der Waals surface area (Å²) in [6.07, 6.45) is 5.25. The second-order valence-corrected chi connectivity index (χ2v) is 4.79. The number of imidazole rings is 1. The fourth-order valence-corrected chi connectivity index (χ4v) is 2.34. The molecule has 0 aromatic carbocycles. The molecule has 2 rings (SSSR count). The molecule has 0 bridgehead atoms. The zero-order valence-corrected chi connectivity index (χ0v) is 10.3. The van der Waals surface area contributed by atoms with E-state index in [-0.39, 0.29) is 0 Å². The third kappa shape index (κ3) is 3.06. The van der Waals surface area contributed by atoms with Gasteiger partial charge in [-0.05, 0) is 39.4 Å². The summed E-state index contributed by atoms with van der Waals surface area (Å²) in [6, 6.07) is 0. The van der Waals surface area contributed by atoms with Crippen LogP contribution >= 0.6 is 0 Å². The van der Waals surface area contributed by atoms with E-state index in [0.717, 1.165) is 31.4 Å². The summed E-state index contributed by atoms with van der Waals surface area (Å²) in [6.45, 7) is 7.76. The normalized spacial score (nSPS) is 21.8. The zero-order chi connectivity index (χ0) is 11.4. The Morgan fingerprint density at radius 1 is 1.56 bits per heavy atom. The maximum Gasteiger partial charge on any atom is 0.105 e. The largest absolute Gasteiger partial charge is 0.334 e. The Bertz CT molecular complexity index is 321. The lowest BCUT2D eigenvalue weighted by molar-refractivity contribution is 0.387. The molecule has 1 unspecified atom stereocenters. The van der Waals surface area contributed by atoms with Crippen molar-refractivity contribution in [3.63, 3.8) is 0 Å². The predicted octanol–water partition coefficient (Wildman–Crippen LogP) is 0.733. The lowest BCUT2D eigenvalue weighted by Crippen LogP contribution is -2.27. The summed E-state index contributed by atoms with van der Waals surface area (Å²) in [5, 5.41) is 3.54. The van der Waals surface area contributed by atoms with Crippen molar-refractivity contribution >= 4 is 0 Å². The van der Waals surface area contributed by atoms with E-state index >= 15 is 0 Å². The molecule has 0 radical (unpaired) electrons. The van der Waals surface area contributed by atoms with E-state index in [0.29, 0.717) is 0 Å². The van der Waals surface area contributed by atoms with E-state index in [1.807, 2.05) is 19.3 Å². The second-order valence-electron chi connectivity index (χ2n) is 4.79. The zero-order valence-electron chi connectivity index (χ0n) is 10.3. The molecule has 4 nitrogen and oxygen atoms in total. The van der Waals surface area contributed by atoms with E-state index < -0.39 is 0 Å². The molecular formula is C12H22N4. The number of rotatable bonds is 5. The maximum atomic E-state index is 4.21. The fourth-order valence-electron chi connectivity index (χ4n) is 2.34. The highest BCUT2D eigenvalue weighted by atomic mass is 15.1. The molecular weight excluding hydrogens is 200 g/mol. The molecule has 0 amide bonds. The molecule has 16 heavy (non-hydrogen) atoms. The number of aryl methyl sites for hydroxylation is 1. The monoisotopic (exact) mass is 222 g/mol. The molecule has 0 spiro atoms. The van der Waals surface area contributed by atoms with Crippen LogP contribution in [-0.2, 0) is 6.54 Å². The highest BCUT2D eigenvalue weighted by Gasteiger charge is 2.18. The van der Waals surface area contributed by atoms with Gasteiger partial charge in [-0.15, -0.1) is 0 Å². The van der Waals surface area contributed by atoms with Gasteiger partial charge in [0.1, 0.15) is 5.82 Å². The number of nitrogens with zero attached hydrogens (tertiary/aromatic N) is 3. The van der Waals surface area contributed by atoms with Crippen molar-refractivity contribution in [2.24, 2.45) is 5.92 Å². The van der Waals surface area contributed by atoms with Crippen LogP contribution in [0.3, 0.4) is 0 Å². The molecule has 1 N–H and O–H groups in total. The van der Waals surface area contributed by atoms with Crippen molar-refractivity contribution < 1.29 is 0 Å². The van der Waals surface area contributed by atoms with Crippen LogP contribution in [0.5, 0.6) is 0 Å². The van der Waals surface area contributed by atoms with Crippen molar-refractivity contribution in [3.05, 3.63) is 18.2 Å². The summed E-state index contributed by atoms with van der Waals surface area (Å²) in [5.74, 6) is 1.94. The van der Waals surface area contributed by atoms with Crippen molar-refractivity contribution in [2.45, 2.75) is 19.9 Å². The van der Waals surface area contributed by atoms with Crippen molar-refractivity contribution in [1.29, 1.82) is 0 Å². The van der Waals surface area contributed by atoms with Crippen LogP contribution in [0.15, 0.2) is 12.4 Å². The molecule has 2 heterocycles. The van der Waals surface area contributed by atoms with Crippen LogP contribution in [0.4, 0.5) is 0 Å². The summed E-state index contributed by atoms with van der Waals surface area (Å²) >= 11 is 0. The molecule has 90 valence electrons. The van der Waals surface area contributed by atoms with Crippen LogP contribution in [0, 0.1) is 12.8 Å². The molecule has 1 aliphatic heterocycles. The Balaban J connectivity index is 1.60. The van der Waals surface area contributed by atoms with Gasteiger partial charge in [-0.1, -0.05) is 0 Å². The van der Waals surface area contributed by atoms with E-state index in [1.165, 1.54) is 19.5 Å². The van der Waals surface area contributed by atoms with Crippen LogP contribution in [0.2, 0.25) is 0 Å². The summed E-state index contributed by atoms with van der Waals surface area (Å²) in [4.78, 5) is 6.62. The average Bonchev–Trinajstić information content (AvgIpc) is 2.83. The predicted molar refractivity (Wildman–Crippen MR) is 65.4 cm³/mol. The number of likely N-dealkylation sites (tertiary alicyclic amines) is 1. The number of nitrogens with one attached hydrogen (secondary N) is 1. The highest BCUT2D eigenvalue weighted by molar-refractivity contribution is 4.88. The topological polar surface area (TPSA) is 33.1 Å². The molecule has 1 aromatic rings. The molecule has 0 aliphatic carbocycles. The Kier molecular flexibility index (Phi) is 3.96. The summed E-state index contributed by atoms with van der Waals surface area (Å²) < 4.78 is 2.19. The third-order valence-electron chi connectivity index (χ3n) is 3.38. The van der Waals surface area contributed by atoms with Gasteiger partial charge in [0.15, 0.2) is 0 Å². The van der Waals surface area contributed by atoms with Crippen LogP contribution in [-0.4, -0.2) is 47.7 Å². The van der Waals surface area contributed by atoms with Gasteiger partial charge in [-0.2, -0.15) is 0 Å². The lowest BCUT2D eigenvalue weighted by atomic mass is 10.1. The van der Waals surface area contributed by atoms with E-state index in [4.69, 9.17) is 0 Å². The molecule has 1 aromatic heterocycles. The maximum absolute atomic E-state index is 4.21. The molecule has 1 saturated heterocycles. The first kappa shape index (κ1) is 11.6. The first-order valence-corrected chi connectivity index (χ1v) is 6.12. The van der Waals surface area contributed by atoms with E-state index in [2.05, 4.69) is 26.8 Å². The number of hydrogen-bond acceptors (Lipinski definition) is 3. The average molecular weight is 222 g/mol. The second kappa shape index (κ2) is 5.46. The Morgan fingerprint density at radius 2 is 2.44 bits per heavy atom. The van der Waals surface area contributed by atoms with Gasteiger partial charge in [0, 0.05) is 32.0 Å². The van der Waals surface area contributed by atoms with Crippen LogP contribution in [0.1, 0.15) is 12.2 Å². The lowest BCUT2D eigenvalue weighted by Gasteiger charge is -2.12. The highest BCUT2D eigenvalue weighted by Crippen LogP contribution is 2.12. The Morgan fingerprint density at radius 3 is 3.06 bits per heavy atom. The summed E-state index contributed by atoms with van der Waals surface area (Å²) in [5.41, 5.74) is 0. The number of aromatic nitrogens is 2. The molecule has 1 atom stereocenters. The van der Waals surface area contributed by atoms with Gasteiger partial charge < -0.3 is 14.8 Å². The van der Waals surface area contributed by atoms with Gasteiger partial charge in [0.25, 0.3) is 0 Å². The summed E-state index contributed by atoms with van der Waals surface area (Å²) in [7, 11) is 2.20. The molecule has 0 saturated carbocycles. The minimum absolute atomic E-state index is 0.842. The smallest absolute Gasteiger partial charge is 0.105 e. The first-order valence-electron chi connectivity index (χ1n) is 6.12. The van der Waals surface area contributed by atoms with Crippen LogP contribution < -0.4 is 5.32 Å². The van der Waals surface area contributed by atoms with Gasteiger partial charge >= 0.3 is 0 Å². The van der Waals surface area contributed by atoms with Gasteiger partial charge in [0.05, 0.1) is 0 Å². The Labute approximate surface area is 97.7 Å². The SMILES string of the molecule is Cc1nccn1CCNCC1CCN(C)C1. The Hall–Kier alpha value is -0.870. The van der Waals surface area contributed by atoms with Gasteiger partial charge in [-0.3, -0.25) is 0 Å². The first-order chi connectivity index (χ1) is 7.75. The number of hydrogen-bond donors (Lipinski definition) is 1. The van der Waals surface area contributed by atoms with E-state index in [9.17, 15) is 0 Å². The minimum Gasteiger partial charge on any atom is -0.334 e. The van der Waals surface area contributed by atoms with Crippen molar-refractivity contribution in [2.75, 3.05) is 33.2 Å². The molecule has 1 aliphatic rings. The fraction of sp³-hybridized carbons (Fsp3) is 0.750.